The minimum absolute atomic E-state index is 0.140. The highest BCUT2D eigenvalue weighted by atomic mass is 16.2. The number of aryl methyl sites for hydroxylation is 2. The van der Waals surface area contributed by atoms with Gasteiger partial charge in [-0.15, -0.1) is 10.2 Å². The standard InChI is InChI=1S/C17H19N5O/c1-11-4-3-5-14-17(11)13(9-18-14)8-16(23)21-6-7-22-12(2)19-20-15(22)10-21/h3-5,9,18H,6-8,10H2,1-2H3. The summed E-state index contributed by atoms with van der Waals surface area (Å²) in [4.78, 5) is 17.8. The summed E-state index contributed by atoms with van der Waals surface area (Å²) in [7, 11) is 0. The van der Waals surface area contributed by atoms with E-state index in [0.29, 0.717) is 19.5 Å². The first-order valence-electron chi connectivity index (χ1n) is 7.85. The molecule has 118 valence electrons. The van der Waals surface area contributed by atoms with Gasteiger partial charge in [0, 0.05) is 30.2 Å². The molecule has 1 aromatic carbocycles. The maximum Gasteiger partial charge on any atom is 0.227 e. The number of aromatic amines is 1. The van der Waals surface area contributed by atoms with E-state index in [1.807, 2.05) is 30.2 Å². The van der Waals surface area contributed by atoms with Crippen LogP contribution in [0.1, 0.15) is 22.8 Å². The zero-order valence-electron chi connectivity index (χ0n) is 13.3. The van der Waals surface area contributed by atoms with Crippen molar-refractivity contribution in [3.8, 4) is 0 Å². The van der Waals surface area contributed by atoms with Gasteiger partial charge in [-0.25, -0.2) is 0 Å². The van der Waals surface area contributed by atoms with Crippen LogP contribution in [0, 0.1) is 13.8 Å². The summed E-state index contributed by atoms with van der Waals surface area (Å²) in [6.45, 7) is 6.05. The van der Waals surface area contributed by atoms with Crippen LogP contribution in [0.4, 0.5) is 0 Å². The fourth-order valence-corrected chi connectivity index (χ4v) is 3.38. The average molecular weight is 309 g/mol. The normalized spacial score (nSPS) is 14.3. The Kier molecular flexibility index (Phi) is 3.18. The molecule has 0 radical (unpaired) electrons. The second-order valence-corrected chi connectivity index (χ2v) is 6.12. The third kappa shape index (κ3) is 2.30. The van der Waals surface area contributed by atoms with E-state index in [9.17, 15) is 4.79 Å². The number of hydrogen-bond acceptors (Lipinski definition) is 3. The number of benzene rings is 1. The molecule has 1 N–H and O–H groups in total. The van der Waals surface area contributed by atoms with Crippen LogP contribution >= 0.6 is 0 Å². The molecular formula is C17H19N5O. The number of nitrogens with one attached hydrogen (secondary N) is 1. The first-order chi connectivity index (χ1) is 11.1. The fourth-order valence-electron chi connectivity index (χ4n) is 3.38. The van der Waals surface area contributed by atoms with Gasteiger partial charge in [0.05, 0.1) is 13.0 Å². The number of fused-ring (bicyclic) bond motifs is 2. The Bertz CT molecular complexity index is 892. The molecule has 0 atom stereocenters. The smallest absolute Gasteiger partial charge is 0.227 e. The van der Waals surface area contributed by atoms with Crippen LogP contribution in [0.3, 0.4) is 0 Å². The molecule has 0 aliphatic carbocycles. The Morgan fingerprint density at radius 2 is 2.13 bits per heavy atom. The van der Waals surface area contributed by atoms with E-state index in [2.05, 4.69) is 32.7 Å². The van der Waals surface area contributed by atoms with E-state index in [1.165, 1.54) is 5.56 Å². The lowest BCUT2D eigenvalue weighted by atomic mass is 10.0. The molecule has 1 amide bonds. The SMILES string of the molecule is Cc1cccc2[nH]cc(CC(=O)N3CCn4c(C)nnc4C3)c12. The van der Waals surface area contributed by atoms with Crippen LogP contribution in [0.2, 0.25) is 0 Å². The van der Waals surface area contributed by atoms with E-state index in [4.69, 9.17) is 0 Å². The number of carbonyl (C=O) groups is 1. The third-order valence-corrected chi connectivity index (χ3v) is 4.63. The molecule has 3 aromatic rings. The van der Waals surface area contributed by atoms with Crippen molar-refractivity contribution >= 4 is 16.8 Å². The highest BCUT2D eigenvalue weighted by molar-refractivity contribution is 5.91. The van der Waals surface area contributed by atoms with E-state index in [0.717, 1.165) is 34.7 Å². The molecule has 0 unspecified atom stereocenters. The molecule has 0 saturated heterocycles. The van der Waals surface area contributed by atoms with Crippen molar-refractivity contribution in [2.75, 3.05) is 6.54 Å². The minimum Gasteiger partial charge on any atom is -0.361 e. The second-order valence-electron chi connectivity index (χ2n) is 6.12. The summed E-state index contributed by atoms with van der Waals surface area (Å²) in [5.74, 6) is 1.93. The van der Waals surface area contributed by atoms with E-state index in [1.54, 1.807) is 0 Å². The molecular weight excluding hydrogens is 290 g/mol. The van der Waals surface area contributed by atoms with E-state index >= 15 is 0 Å². The van der Waals surface area contributed by atoms with E-state index < -0.39 is 0 Å². The molecule has 3 heterocycles. The van der Waals surface area contributed by atoms with Crippen molar-refractivity contribution in [1.82, 2.24) is 24.6 Å². The van der Waals surface area contributed by atoms with Crippen LogP contribution in [-0.2, 0) is 24.3 Å². The van der Waals surface area contributed by atoms with Gasteiger partial charge in [0.25, 0.3) is 0 Å². The Hall–Kier alpha value is -2.63. The predicted molar refractivity (Wildman–Crippen MR) is 86.9 cm³/mol. The quantitative estimate of drug-likeness (QED) is 0.787. The number of amides is 1. The lowest BCUT2D eigenvalue weighted by Crippen LogP contribution is -2.39. The van der Waals surface area contributed by atoms with Crippen molar-refractivity contribution in [3.05, 3.63) is 47.2 Å². The third-order valence-electron chi connectivity index (χ3n) is 4.63. The summed E-state index contributed by atoms with van der Waals surface area (Å²) < 4.78 is 2.08. The highest BCUT2D eigenvalue weighted by Gasteiger charge is 2.24. The number of aromatic nitrogens is 4. The molecule has 1 aliphatic heterocycles. The van der Waals surface area contributed by atoms with Gasteiger partial charge in [-0.3, -0.25) is 4.79 Å². The lowest BCUT2D eigenvalue weighted by Gasteiger charge is -2.27. The van der Waals surface area contributed by atoms with Crippen molar-refractivity contribution in [2.45, 2.75) is 33.4 Å². The van der Waals surface area contributed by atoms with E-state index in [-0.39, 0.29) is 5.91 Å². The van der Waals surface area contributed by atoms with Crippen LogP contribution in [0.15, 0.2) is 24.4 Å². The second kappa shape index (κ2) is 5.22. The first kappa shape index (κ1) is 14.0. The fraction of sp³-hybridized carbons (Fsp3) is 0.353. The number of rotatable bonds is 2. The highest BCUT2D eigenvalue weighted by Crippen LogP contribution is 2.23. The molecule has 0 saturated carbocycles. The summed E-state index contributed by atoms with van der Waals surface area (Å²) in [6.07, 6.45) is 2.37. The molecule has 0 fully saturated rings. The molecule has 0 bridgehead atoms. The number of H-pyrrole nitrogens is 1. The van der Waals surface area contributed by atoms with Gasteiger partial charge in [0.1, 0.15) is 5.82 Å². The lowest BCUT2D eigenvalue weighted by molar-refractivity contribution is -0.132. The first-order valence-corrected chi connectivity index (χ1v) is 7.85. The van der Waals surface area contributed by atoms with Gasteiger partial charge in [-0.1, -0.05) is 12.1 Å². The molecule has 4 rings (SSSR count). The Balaban J connectivity index is 1.56. The zero-order valence-corrected chi connectivity index (χ0v) is 13.3. The van der Waals surface area contributed by atoms with Crippen LogP contribution in [0.25, 0.3) is 10.9 Å². The molecule has 6 heteroatoms. The van der Waals surface area contributed by atoms with Gasteiger partial charge in [0.2, 0.25) is 5.91 Å². The topological polar surface area (TPSA) is 66.8 Å². The van der Waals surface area contributed by atoms with Crippen LogP contribution < -0.4 is 0 Å². The Morgan fingerprint density at radius 3 is 3.00 bits per heavy atom. The van der Waals surface area contributed by atoms with Gasteiger partial charge >= 0.3 is 0 Å². The summed E-state index contributed by atoms with van der Waals surface area (Å²) in [5, 5.41) is 9.42. The van der Waals surface area contributed by atoms with Gasteiger partial charge in [-0.2, -0.15) is 0 Å². The largest absolute Gasteiger partial charge is 0.361 e. The Morgan fingerprint density at radius 1 is 1.26 bits per heavy atom. The monoisotopic (exact) mass is 309 g/mol. The minimum atomic E-state index is 0.140. The average Bonchev–Trinajstić information content (AvgIpc) is 3.12. The summed E-state index contributed by atoms with van der Waals surface area (Å²) >= 11 is 0. The van der Waals surface area contributed by atoms with Crippen molar-refractivity contribution in [1.29, 1.82) is 0 Å². The molecule has 0 spiro atoms. The Labute approximate surface area is 134 Å². The summed E-state index contributed by atoms with van der Waals surface area (Å²) in [5.41, 5.74) is 3.34. The van der Waals surface area contributed by atoms with Crippen molar-refractivity contribution in [2.24, 2.45) is 0 Å². The van der Waals surface area contributed by atoms with Gasteiger partial charge in [-0.05, 0) is 31.0 Å². The maximum absolute atomic E-state index is 12.7. The van der Waals surface area contributed by atoms with Gasteiger partial charge in [0.15, 0.2) is 5.82 Å². The molecule has 2 aromatic heterocycles. The molecule has 1 aliphatic rings. The molecule has 6 nitrogen and oxygen atoms in total. The summed E-state index contributed by atoms with van der Waals surface area (Å²) in [6, 6.07) is 6.15. The van der Waals surface area contributed by atoms with Crippen molar-refractivity contribution < 1.29 is 4.79 Å². The maximum atomic E-state index is 12.7. The predicted octanol–water partition coefficient (Wildman–Crippen LogP) is 1.96. The zero-order chi connectivity index (χ0) is 16.0. The van der Waals surface area contributed by atoms with Crippen LogP contribution in [0.5, 0.6) is 0 Å². The van der Waals surface area contributed by atoms with Gasteiger partial charge < -0.3 is 14.5 Å². The van der Waals surface area contributed by atoms with Crippen molar-refractivity contribution in [3.63, 3.8) is 0 Å². The number of nitrogens with zero attached hydrogens (tertiary/aromatic N) is 4. The molecule has 23 heavy (non-hydrogen) atoms. The van der Waals surface area contributed by atoms with Crippen LogP contribution in [-0.4, -0.2) is 37.1 Å². The number of hydrogen-bond donors (Lipinski definition) is 1. The number of carbonyl (C=O) groups excluding carboxylic acids is 1.